The molecule has 0 atom stereocenters. The zero-order chi connectivity index (χ0) is 11.9. The molecular weight excluding hydrogens is 225 g/mol. The monoisotopic (exact) mass is 244 g/mol. The standard InChI is InChI=1S/C11H18NO3P/c13-16(14,15)11-7-2-1-4-8-12-9-5-3-6-10-12/h3,5-6,9-10H,1-2,4,7-8,11H2,(H-,13,14,15)/p+1. The first-order valence-corrected chi connectivity index (χ1v) is 7.36. The number of unbranched alkanes of at least 4 members (excludes halogenated alkanes) is 3. The number of nitrogens with zero attached hydrogens (tertiary/aromatic N) is 1. The van der Waals surface area contributed by atoms with Crippen LogP contribution in [-0.4, -0.2) is 15.9 Å². The highest BCUT2D eigenvalue weighted by Crippen LogP contribution is 2.39. The van der Waals surface area contributed by atoms with E-state index in [1.807, 2.05) is 30.6 Å². The van der Waals surface area contributed by atoms with Crippen LogP contribution in [0, 0.1) is 0 Å². The van der Waals surface area contributed by atoms with Gasteiger partial charge in [-0.15, -0.1) is 0 Å². The summed E-state index contributed by atoms with van der Waals surface area (Å²) in [4.78, 5) is 27.9. The van der Waals surface area contributed by atoms with Gasteiger partial charge in [-0.1, -0.05) is 6.07 Å². The molecule has 0 bridgehead atoms. The number of hydrogen-bond donors (Lipinski definition) is 2. The minimum atomic E-state index is -3.78. The Morgan fingerprint density at radius 3 is 2.19 bits per heavy atom. The van der Waals surface area contributed by atoms with Gasteiger partial charge in [-0.2, -0.15) is 0 Å². The van der Waals surface area contributed by atoms with Crippen molar-refractivity contribution in [2.75, 3.05) is 6.16 Å². The summed E-state index contributed by atoms with van der Waals surface area (Å²) in [5.74, 6) is 0. The molecule has 2 N–H and O–H groups in total. The van der Waals surface area contributed by atoms with Crippen molar-refractivity contribution in [3.8, 4) is 0 Å². The Labute approximate surface area is 96.8 Å². The van der Waals surface area contributed by atoms with E-state index in [0.29, 0.717) is 6.42 Å². The van der Waals surface area contributed by atoms with Crippen LogP contribution in [0.2, 0.25) is 0 Å². The van der Waals surface area contributed by atoms with Crippen LogP contribution in [0.25, 0.3) is 0 Å². The zero-order valence-corrected chi connectivity index (χ0v) is 10.2. The van der Waals surface area contributed by atoms with Crippen molar-refractivity contribution in [2.24, 2.45) is 0 Å². The minimum Gasteiger partial charge on any atom is -0.632 e. The fourth-order valence-electron chi connectivity index (χ4n) is 1.55. The number of hydrogen-bond acceptors (Lipinski definition) is 3. The molecule has 90 valence electrons. The maximum Gasteiger partial charge on any atom is 0.230 e. The summed E-state index contributed by atoms with van der Waals surface area (Å²) in [6, 6.07) is 5.97. The number of aryl methyl sites for hydroxylation is 1. The molecule has 16 heavy (non-hydrogen) atoms. The molecule has 4 nitrogen and oxygen atoms in total. The third kappa shape index (κ3) is 6.85. The van der Waals surface area contributed by atoms with Gasteiger partial charge in [0, 0.05) is 18.6 Å². The van der Waals surface area contributed by atoms with Crippen molar-refractivity contribution < 1.29 is 19.2 Å². The molecule has 1 aromatic heterocycles. The van der Waals surface area contributed by atoms with E-state index >= 15 is 0 Å². The molecule has 0 saturated carbocycles. The summed E-state index contributed by atoms with van der Waals surface area (Å²) in [7, 11) is -3.78. The van der Waals surface area contributed by atoms with Gasteiger partial charge in [0.1, 0.15) is 12.7 Å². The fourth-order valence-corrected chi connectivity index (χ4v) is 2.18. The van der Waals surface area contributed by atoms with Crippen molar-refractivity contribution in [3.63, 3.8) is 0 Å². The Morgan fingerprint density at radius 1 is 0.938 bits per heavy atom. The van der Waals surface area contributed by atoms with Crippen LogP contribution in [0.4, 0.5) is 0 Å². The highest BCUT2D eigenvalue weighted by molar-refractivity contribution is 7.57. The topological polar surface area (TPSA) is 67.4 Å². The molecule has 0 unspecified atom stereocenters. The number of rotatable bonds is 7. The van der Waals surface area contributed by atoms with Gasteiger partial charge in [-0.3, -0.25) is 0 Å². The molecule has 0 amide bonds. The van der Waals surface area contributed by atoms with Gasteiger partial charge < -0.3 is 4.89 Å². The molecule has 0 aliphatic heterocycles. The van der Waals surface area contributed by atoms with Crippen molar-refractivity contribution in [1.29, 1.82) is 0 Å². The third-order valence-corrected chi connectivity index (χ3v) is 3.29. The van der Waals surface area contributed by atoms with Crippen molar-refractivity contribution in [3.05, 3.63) is 30.6 Å². The van der Waals surface area contributed by atoms with Crippen LogP contribution in [0.15, 0.2) is 30.6 Å². The van der Waals surface area contributed by atoms with E-state index in [1.165, 1.54) is 0 Å². The first-order valence-electron chi connectivity index (χ1n) is 5.56. The first-order chi connectivity index (χ1) is 7.58. The Kier molecular flexibility index (Phi) is 5.85. The minimum absolute atomic E-state index is 0.0193. The van der Waals surface area contributed by atoms with Gasteiger partial charge in [0.05, 0.1) is 0 Å². The average molecular weight is 244 g/mol. The number of pyridine rings is 1. The zero-order valence-electron chi connectivity index (χ0n) is 9.33. The van der Waals surface area contributed by atoms with E-state index in [0.717, 1.165) is 25.8 Å². The van der Waals surface area contributed by atoms with Crippen LogP contribution in [-0.2, 0) is 6.54 Å². The lowest BCUT2D eigenvalue weighted by atomic mass is 10.2. The van der Waals surface area contributed by atoms with E-state index in [2.05, 4.69) is 4.57 Å². The molecule has 1 aromatic rings. The quantitative estimate of drug-likeness (QED) is 0.420. The van der Waals surface area contributed by atoms with Crippen LogP contribution >= 0.6 is 7.94 Å². The van der Waals surface area contributed by atoms with Crippen LogP contribution in [0.1, 0.15) is 25.7 Å². The second-order valence-electron chi connectivity index (χ2n) is 3.92. The Morgan fingerprint density at radius 2 is 1.56 bits per heavy atom. The van der Waals surface area contributed by atoms with Gasteiger partial charge in [0.15, 0.2) is 12.4 Å². The summed E-state index contributed by atoms with van der Waals surface area (Å²) in [6.07, 6.45) is 7.64. The maximum absolute atomic E-state index is 10.6. The smallest absolute Gasteiger partial charge is 0.230 e. The molecule has 0 spiro atoms. The SMILES string of the molecule is [O-][P+](O)(O)CCCCCC[n+]1ccccc1. The van der Waals surface area contributed by atoms with Crippen LogP contribution in [0.5, 0.6) is 0 Å². The lowest BCUT2D eigenvalue weighted by Crippen LogP contribution is -2.32. The van der Waals surface area contributed by atoms with E-state index in [-0.39, 0.29) is 6.16 Å². The van der Waals surface area contributed by atoms with Crippen molar-refractivity contribution >= 4 is 7.94 Å². The normalized spacial score (nSPS) is 11.7. The highest BCUT2D eigenvalue weighted by atomic mass is 31.2. The van der Waals surface area contributed by atoms with Crippen LogP contribution in [0.3, 0.4) is 0 Å². The maximum atomic E-state index is 10.6. The highest BCUT2D eigenvalue weighted by Gasteiger charge is 2.16. The Bertz CT molecular complexity index is 287. The lowest BCUT2D eigenvalue weighted by Gasteiger charge is -2.13. The summed E-state index contributed by atoms with van der Waals surface area (Å²) in [5, 5.41) is 0. The average Bonchev–Trinajstić information content (AvgIpc) is 2.23. The Hall–Kier alpha value is -0.540. The molecular formula is C11H19NO3P+. The molecule has 0 radical (unpaired) electrons. The summed E-state index contributed by atoms with van der Waals surface area (Å²) in [5.41, 5.74) is 0. The summed E-state index contributed by atoms with van der Waals surface area (Å²) < 4.78 is 2.11. The van der Waals surface area contributed by atoms with E-state index in [9.17, 15) is 4.89 Å². The Balaban J connectivity index is 2.01. The third-order valence-electron chi connectivity index (χ3n) is 2.39. The van der Waals surface area contributed by atoms with E-state index < -0.39 is 7.94 Å². The van der Waals surface area contributed by atoms with Gasteiger partial charge in [0.2, 0.25) is 7.94 Å². The molecule has 0 fully saturated rings. The molecule has 0 aliphatic carbocycles. The molecule has 0 aliphatic rings. The summed E-state index contributed by atoms with van der Waals surface area (Å²) in [6.45, 7) is 0.969. The lowest BCUT2D eigenvalue weighted by molar-refractivity contribution is -0.697. The van der Waals surface area contributed by atoms with Gasteiger partial charge in [-0.05, 0) is 19.3 Å². The van der Waals surface area contributed by atoms with Gasteiger partial charge >= 0.3 is 0 Å². The van der Waals surface area contributed by atoms with Crippen molar-refractivity contribution in [1.82, 2.24) is 0 Å². The second-order valence-corrected chi connectivity index (χ2v) is 5.69. The summed E-state index contributed by atoms with van der Waals surface area (Å²) >= 11 is 0. The number of aromatic nitrogens is 1. The largest absolute Gasteiger partial charge is 0.632 e. The van der Waals surface area contributed by atoms with E-state index in [4.69, 9.17) is 9.79 Å². The fraction of sp³-hybridized carbons (Fsp3) is 0.545. The van der Waals surface area contributed by atoms with Gasteiger partial charge in [-0.25, -0.2) is 14.4 Å². The predicted molar refractivity (Wildman–Crippen MR) is 61.3 cm³/mol. The molecule has 0 aromatic carbocycles. The van der Waals surface area contributed by atoms with Gasteiger partial charge in [0.25, 0.3) is 0 Å². The van der Waals surface area contributed by atoms with E-state index in [1.54, 1.807) is 0 Å². The first kappa shape index (κ1) is 13.5. The second kappa shape index (κ2) is 6.92. The predicted octanol–water partition coefficient (Wildman–Crippen LogP) is 0.642. The molecule has 1 heterocycles. The van der Waals surface area contributed by atoms with Crippen LogP contribution < -0.4 is 9.46 Å². The van der Waals surface area contributed by atoms with Crippen molar-refractivity contribution in [2.45, 2.75) is 32.2 Å². The molecule has 0 saturated heterocycles. The molecule has 1 rings (SSSR count). The molecule has 5 heteroatoms.